The van der Waals surface area contributed by atoms with E-state index in [1.165, 1.54) is 0 Å². The van der Waals surface area contributed by atoms with E-state index in [1.54, 1.807) is 18.2 Å². The Labute approximate surface area is 73.2 Å². The molecule has 2 rings (SSSR count). The van der Waals surface area contributed by atoms with Crippen LogP contribution in [-0.2, 0) is 6.61 Å². The summed E-state index contributed by atoms with van der Waals surface area (Å²) in [5, 5.41) is 8.81. The summed E-state index contributed by atoms with van der Waals surface area (Å²) < 4.78 is 10.1. The molecular formula is C8H6O3S. The van der Waals surface area contributed by atoms with Gasteiger partial charge in [0.05, 0.1) is 6.61 Å². The third kappa shape index (κ3) is 1.15. The Morgan fingerprint density at radius 3 is 2.75 bits per heavy atom. The van der Waals surface area contributed by atoms with Crippen LogP contribution in [0.1, 0.15) is 5.56 Å². The van der Waals surface area contributed by atoms with Gasteiger partial charge in [0.15, 0.2) is 11.2 Å². The molecule has 0 fully saturated rings. The van der Waals surface area contributed by atoms with Crippen molar-refractivity contribution in [3.8, 4) is 0 Å². The molecule has 0 aliphatic carbocycles. The van der Waals surface area contributed by atoms with E-state index in [9.17, 15) is 0 Å². The van der Waals surface area contributed by atoms with Crippen LogP contribution in [0.2, 0.25) is 0 Å². The Kier molecular flexibility index (Phi) is 1.71. The third-order valence-electron chi connectivity index (χ3n) is 1.58. The van der Waals surface area contributed by atoms with Crippen LogP contribution >= 0.6 is 12.2 Å². The predicted molar refractivity (Wildman–Crippen MR) is 45.2 cm³/mol. The molecule has 0 radical (unpaired) electrons. The molecule has 0 amide bonds. The van der Waals surface area contributed by atoms with Crippen molar-refractivity contribution >= 4 is 23.4 Å². The molecule has 1 heterocycles. The summed E-state index contributed by atoms with van der Waals surface area (Å²) in [4.78, 5) is 0.111. The second-order valence-corrected chi connectivity index (χ2v) is 2.73. The van der Waals surface area contributed by atoms with E-state index < -0.39 is 0 Å². The topological polar surface area (TPSA) is 46.5 Å². The van der Waals surface area contributed by atoms with Gasteiger partial charge in [0, 0.05) is 12.2 Å². The fraction of sp³-hybridized carbons (Fsp3) is 0.125. The molecule has 12 heavy (non-hydrogen) atoms. The van der Waals surface area contributed by atoms with Gasteiger partial charge in [-0.3, -0.25) is 0 Å². The molecule has 0 aliphatic rings. The Morgan fingerprint density at radius 1 is 1.25 bits per heavy atom. The Hall–Kier alpha value is -1.13. The predicted octanol–water partition coefficient (Wildman–Crippen LogP) is 2.25. The van der Waals surface area contributed by atoms with Crippen LogP contribution in [0.5, 0.6) is 0 Å². The van der Waals surface area contributed by atoms with Crippen LogP contribution in [0.25, 0.3) is 11.2 Å². The molecule has 0 saturated carbocycles. The van der Waals surface area contributed by atoms with Crippen LogP contribution in [0.15, 0.2) is 27.0 Å². The maximum Gasteiger partial charge on any atom is 0.363 e. The van der Waals surface area contributed by atoms with E-state index in [4.69, 9.17) is 26.2 Å². The van der Waals surface area contributed by atoms with E-state index >= 15 is 0 Å². The molecule has 0 aliphatic heterocycles. The van der Waals surface area contributed by atoms with E-state index in [0.717, 1.165) is 5.56 Å². The summed E-state index contributed by atoms with van der Waals surface area (Å²) >= 11 is 4.70. The molecule has 0 unspecified atom stereocenters. The lowest BCUT2D eigenvalue weighted by molar-refractivity contribution is 0.282. The van der Waals surface area contributed by atoms with Gasteiger partial charge in [0.2, 0.25) is 0 Å². The van der Waals surface area contributed by atoms with Gasteiger partial charge in [-0.25, -0.2) is 0 Å². The number of fused-ring (bicyclic) bond motifs is 1. The summed E-state index contributed by atoms with van der Waals surface area (Å²) in [6, 6.07) is 5.19. The van der Waals surface area contributed by atoms with Gasteiger partial charge in [-0.15, -0.1) is 0 Å². The van der Waals surface area contributed by atoms with Crippen molar-refractivity contribution in [1.29, 1.82) is 0 Å². The fourth-order valence-electron chi connectivity index (χ4n) is 1.02. The number of hydrogen-bond donors (Lipinski definition) is 1. The minimum atomic E-state index is -0.0105. The van der Waals surface area contributed by atoms with Gasteiger partial charge >= 0.3 is 4.90 Å². The quantitative estimate of drug-likeness (QED) is 0.687. The minimum absolute atomic E-state index is 0.0105. The van der Waals surface area contributed by atoms with Gasteiger partial charge in [-0.1, -0.05) is 6.07 Å². The van der Waals surface area contributed by atoms with Crippen molar-refractivity contribution in [2.24, 2.45) is 0 Å². The second-order valence-electron chi connectivity index (χ2n) is 2.39. The molecule has 0 spiro atoms. The normalized spacial score (nSPS) is 10.8. The SMILES string of the molecule is OCc1ccc2oc(=S)oc2c1. The van der Waals surface area contributed by atoms with Crippen LogP contribution in [-0.4, -0.2) is 5.11 Å². The average Bonchev–Trinajstić information content (AvgIpc) is 2.43. The second kappa shape index (κ2) is 2.73. The molecule has 0 saturated heterocycles. The van der Waals surface area contributed by atoms with Crippen molar-refractivity contribution in [1.82, 2.24) is 0 Å². The van der Waals surface area contributed by atoms with Crippen molar-refractivity contribution in [3.05, 3.63) is 28.7 Å². The summed E-state index contributed by atoms with van der Waals surface area (Å²) in [6.45, 7) is -0.0105. The highest BCUT2D eigenvalue weighted by Crippen LogP contribution is 2.18. The lowest BCUT2D eigenvalue weighted by Gasteiger charge is -1.91. The minimum Gasteiger partial charge on any atom is -0.413 e. The summed E-state index contributed by atoms with van der Waals surface area (Å²) in [6.07, 6.45) is 0. The van der Waals surface area contributed by atoms with Crippen molar-refractivity contribution < 1.29 is 13.9 Å². The summed E-state index contributed by atoms with van der Waals surface area (Å²) in [7, 11) is 0. The van der Waals surface area contributed by atoms with Gasteiger partial charge in [0.25, 0.3) is 0 Å². The molecule has 0 bridgehead atoms. The van der Waals surface area contributed by atoms with Gasteiger partial charge < -0.3 is 13.9 Å². The number of hydrogen-bond acceptors (Lipinski definition) is 4. The van der Waals surface area contributed by atoms with E-state index in [1.807, 2.05) is 0 Å². The lowest BCUT2D eigenvalue weighted by Crippen LogP contribution is -1.79. The zero-order valence-electron chi connectivity index (χ0n) is 6.11. The molecule has 0 atom stereocenters. The van der Waals surface area contributed by atoms with Gasteiger partial charge in [-0.05, 0) is 17.7 Å². The maximum absolute atomic E-state index is 8.81. The van der Waals surface area contributed by atoms with Crippen LogP contribution < -0.4 is 0 Å². The molecule has 2 aromatic rings. The Balaban J connectivity index is 2.74. The van der Waals surface area contributed by atoms with Crippen LogP contribution in [0.4, 0.5) is 0 Å². The van der Waals surface area contributed by atoms with Crippen LogP contribution in [0, 0.1) is 4.90 Å². The Morgan fingerprint density at radius 2 is 2.00 bits per heavy atom. The first-order valence-electron chi connectivity index (χ1n) is 3.43. The summed E-state index contributed by atoms with van der Waals surface area (Å²) in [5.74, 6) is 0. The largest absolute Gasteiger partial charge is 0.413 e. The van der Waals surface area contributed by atoms with Crippen molar-refractivity contribution in [3.63, 3.8) is 0 Å². The number of benzene rings is 1. The van der Waals surface area contributed by atoms with Crippen LogP contribution in [0.3, 0.4) is 0 Å². The first-order chi connectivity index (χ1) is 5.79. The molecule has 1 N–H and O–H groups in total. The monoisotopic (exact) mass is 182 g/mol. The van der Waals surface area contributed by atoms with Gasteiger partial charge in [-0.2, -0.15) is 0 Å². The molecular weight excluding hydrogens is 176 g/mol. The fourth-order valence-corrected chi connectivity index (χ4v) is 1.19. The number of aliphatic hydroxyl groups is 1. The van der Waals surface area contributed by atoms with E-state index in [2.05, 4.69) is 0 Å². The highest BCUT2D eigenvalue weighted by Gasteiger charge is 2.01. The highest BCUT2D eigenvalue weighted by molar-refractivity contribution is 7.71. The standard InChI is InChI=1S/C8H6O3S/c9-4-5-1-2-6-7(3-5)11-8(12)10-6/h1-3,9H,4H2. The molecule has 3 nitrogen and oxygen atoms in total. The maximum atomic E-state index is 8.81. The zero-order chi connectivity index (χ0) is 8.55. The number of aliphatic hydroxyl groups excluding tert-OH is 1. The molecule has 4 heteroatoms. The van der Waals surface area contributed by atoms with E-state index in [0.29, 0.717) is 11.2 Å². The summed E-state index contributed by atoms with van der Waals surface area (Å²) in [5.41, 5.74) is 1.96. The first-order valence-corrected chi connectivity index (χ1v) is 3.84. The first kappa shape index (κ1) is 7.52. The van der Waals surface area contributed by atoms with Gasteiger partial charge in [0.1, 0.15) is 0 Å². The highest BCUT2D eigenvalue weighted by atomic mass is 32.1. The third-order valence-corrected chi connectivity index (χ3v) is 1.74. The lowest BCUT2D eigenvalue weighted by atomic mass is 10.2. The molecule has 1 aromatic heterocycles. The van der Waals surface area contributed by atoms with Crippen molar-refractivity contribution in [2.75, 3.05) is 0 Å². The molecule has 62 valence electrons. The zero-order valence-corrected chi connectivity index (χ0v) is 6.93. The smallest absolute Gasteiger partial charge is 0.363 e. The van der Waals surface area contributed by atoms with E-state index in [-0.39, 0.29) is 11.5 Å². The Bertz CT molecular complexity index is 455. The van der Waals surface area contributed by atoms with Crippen molar-refractivity contribution in [2.45, 2.75) is 6.61 Å². The number of rotatable bonds is 1. The molecule has 1 aromatic carbocycles. The average molecular weight is 182 g/mol.